The zero-order valence-corrected chi connectivity index (χ0v) is 21.0. The number of hydrogen-bond donors (Lipinski definition) is 2. The van der Waals surface area contributed by atoms with Crippen molar-refractivity contribution in [3.8, 4) is 0 Å². The van der Waals surface area contributed by atoms with Crippen molar-refractivity contribution in [1.82, 2.24) is 10.4 Å². The third-order valence-corrected chi connectivity index (χ3v) is 6.31. The molecule has 0 atom stereocenters. The highest BCUT2D eigenvalue weighted by Gasteiger charge is 2.28. The van der Waals surface area contributed by atoms with E-state index in [1.165, 1.54) is 0 Å². The topological polar surface area (TPSA) is 123 Å². The lowest BCUT2D eigenvalue weighted by Crippen LogP contribution is -2.23. The van der Waals surface area contributed by atoms with Crippen LogP contribution in [0.4, 0.5) is 5.69 Å². The summed E-state index contributed by atoms with van der Waals surface area (Å²) in [5, 5.41) is 8.13. The van der Waals surface area contributed by atoms with Gasteiger partial charge in [-0.1, -0.05) is 24.3 Å². The number of pyridine rings is 1. The number of furan rings is 1. The molecule has 1 aliphatic carbocycles. The van der Waals surface area contributed by atoms with Crippen LogP contribution in [0, 0.1) is 6.92 Å². The van der Waals surface area contributed by atoms with Gasteiger partial charge in [0.1, 0.15) is 11.5 Å². The van der Waals surface area contributed by atoms with Gasteiger partial charge < -0.3 is 14.5 Å². The lowest BCUT2D eigenvalue weighted by atomic mass is 9.93. The fraction of sp³-hybridized carbons (Fsp3) is 0.207. The van der Waals surface area contributed by atoms with E-state index < -0.39 is 17.8 Å². The first-order valence-electron chi connectivity index (χ1n) is 12.4. The number of rotatable bonds is 6. The molecule has 0 spiro atoms. The number of carbonyl (C=O) groups is 3. The SMILES string of the molecule is CCOC(=O)c1ccc(NC(=O)c2oc3c(c2C)/C(=N/NC(=O)c2ccc4ccccc4n2)CCC3)cc1. The molecule has 0 fully saturated rings. The molecule has 2 amide bonds. The second-order valence-electron chi connectivity index (χ2n) is 8.85. The lowest BCUT2D eigenvalue weighted by Gasteiger charge is -2.13. The molecule has 5 rings (SSSR count). The Labute approximate surface area is 218 Å². The Morgan fingerprint density at radius 1 is 1.00 bits per heavy atom. The van der Waals surface area contributed by atoms with Gasteiger partial charge in [-0.05, 0) is 63.1 Å². The summed E-state index contributed by atoms with van der Waals surface area (Å²) in [5.41, 5.74) is 6.56. The fourth-order valence-electron chi connectivity index (χ4n) is 4.46. The zero-order valence-electron chi connectivity index (χ0n) is 21.0. The van der Waals surface area contributed by atoms with Crippen LogP contribution in [0.3, 0.4) is 0 Å². The molecule has 9 heteroatoms. The largest absolute Gasteiger partial charge is 0.462 e. The number of hydrogen-bond acceptors (Lipinski definition) is 7. The molecule has 38 heavy (non-hydrogen) atoms. The van der Waals surface area contributed by atoms with Gasteiger partial charge >= 0.3 is 5.97 Å². The number of aryl methyl sites for hydroxylation is 1. The number of nitrogens with zero attached hydrogens (tertiary/aromatic N) is 2. The molecule has 2 N–H and O–H groups in total. The zero-order chi connectivity index (χ0) is 26.6. The fourth-order valence-corrected chi connectivity index (χ4v) is 4.46. The van der Waals surface area contributed by atoms with Crippen LogP contribution >= 0.6 is 0 Å². The maximum atomic E-state index is 13.0. The van der Waals surface area contributed by atoms with Gasteiger partial charge in [-0.15, -0.1) is 0 Å². The van der Waals surface area contributed by atoms with Crippen LogP contribution in [0.15, 0.2) is 70.2 Å². The third kappa shape index (κ3) is 5.04. The van der Waals surface area contributed by atoms with Gasteiger partial charge in [0.2, 0.25) is 0 Å². The molecular formula is C29H26N4O5. The van der Waals surface area contributed by atoms with Gasteiger partial charge in [-0.25, -0.2) is 15.2 Å². The van der Waals surface area contributed by atoms with E-state index >= 15 is 0 Å². The monoisotopic (exact) mass is 510 g/mol. The van der Waals surface area contributed by atoms with Gasteiger partial charge in [0.25, 0.3) is 11.8 Å². The number of ether oxygens (including phenoxy) is 1. The highest BCUT2D eigenvalue weighted by atomic mass is 16.5. The quantitative estimate of drug-likeness (QED) is 0.277. The molecule has 1 aliphatic rings. The van der Waals surface area contributed by atoms with Crippen molar-refractivity contribution in [3.63, 3.8) is 0 Å². The highest BCUT2D eigenvalue weighted by Crippen LogP contribution is 2.30. The molecule has 0 saturated heterocycles. The van der Waals surface area contributed by atoms with E-state index in [-0.39, 0.29) is 18.1 Å². The predicted molar refractivity (Wildman–Crippen MR) is 142 cm³/mol. The molecule has 9 nitrogen and oxygen atoms in total. The second-order valence-corrected chi connectivity index (χ2v) is 8.85. The molecule has 192 valence electrons. The molecule has 0 aliphatic heterocycles. The number of nitrogens with one attached hydrogen (secondary N) is 2. The van der Waals surface area contributed by atoms with Gasteiger partial charge in [0.05, 0.1) is 23.4 Å². The Morgan fingerprint density at radius 2 is 1.79 bits per heavy atom. The van der Waals surface area contributed by atoms with Crippen LogP contribution in [0.5, 0.6) is 0 Å². The minimum atomic E-state index is -0.421. The van der Waals surface area contributed by atoms with Crippen LogP contribution < -0.4 is 10.7 Å². The number of carbonyl (C=O) groups excluding carboxylic acids is 3. The first kappa shape index (κ1) is 24.9. The van der Waals surface area contributed by atoms with Gasteiger partial charge in [0.15, 0.2) is 5.76 Å². The minimum absolute atomic E-state index is 0.182. The number of benzene rings is 2. The van der Waals surface area contributed by atoms with Crippen LogP contribution in [-0.2, 0) is 11.2 Å². The number of amides is 2. The summed E-state index contributed by atoms with van der Waals surface area (Å²) >= 11 is 0. The average Bonchev–Trinajstić information content (AvgIpc) is 3.29. The molecule has 2 aromatic carbocycles. The summed E-state index contributed by atoms with van der Waals surface area (Å²) in [5.74, 6) is -0.407. The van der Waals surface area contributed by atoms with E-state index in [9.17, 15) is 14.4 Å². The van der Waals surface area contributed by atoms with Crippen molar-refractivity contribution < 1.29 is 23.5 Å². The molecule has 4 aromatic rings. The Balaban J connectivity index is 1.32. The third-order valence-electron chi connectivity index (χ3n) is 6.31. The molecule has 2 aromatic heterocycles. The van der Waals surface area contributed by atoms with E-state index in [1.807, 2.05) is 30.3 Å². The Morgan fingerprint density at radius 3 is 2.58 bits per heavy atom. The molecule has 0 saturated carbocycles. The smallest absolute Gasteiger partial charge is 0.338 e. The predicted octanol–water partition coefficient (Wildman–Crippen LogP) is 5.04. The molecular weight excluding hydrogens is 484 g/mol. The van der Waals surface area contributed by atoms with Gasteiger partial charge in [-0.2, -0.15) is 5.10 Å². The number of anilines is 1. The maximum Gasteiger partial charge on any atom is 0.338 e. The number of aromatic nitrogens is 1. The number of fused-ring (bicyclic) bond motifs is 2. The standard InChI is InChI=1S/C29H26N4O5/c1-3-37-29(36)19-11-14-20(15-12-19)30-28(35)26-17(2)25-22(9-6-10-24(25)38-26)32-33-27(34)23-16-13-18-7-4-5-8-21(18)31-23/h4-5,7-8,11-16H,3,6,9-10H2,1-2H3,(H,30,35)(H,33,34)/b32-22+. The van der Waals surface area contributed by atoms with Crippen molar-refractivity contribution in [2.24, 2.45) is 5.10 Å². The highest BCUT2D eigenvalue weighted by molar-refractivity contribution is 6.09. The van der Waals surface area contributed by atoms with E-state index in [0.29, 0.717) is 41.1 Å². The molecule has 2 heterocycles. The van der Waals surface area contributed by atoms with Crippen LogP contribution in [0.1, 0.15) is 68.1 Å². The number of hydrazone groups is 1. The van der Waals surface area contributed by atoms with Crippen molar-refractivity contribution in [3.05, 3.63) is 94.6 Å². The summed E-state index contributed by atoms with van der Waals surface area (Å²) in [7, 11) is 0. The maximum absolute atomic E-state index is 13.0. The molecule has 0 unspecified atom stereocenters. The van der Waals surface area contributed by atoms with Crippen molar-refractivity contribution in [2.45, 2.75) is 33.1 Å². The van der Waals surface area contributed by atoms with E-state index in [4.69, 9.17) is 9.15 Å². The normalized spacial score (nSPS) is 13.7. The summed E-state index contributed by atoms with van der Waals surface area (Å²) in [6.45, 7) is 3.83. The Bertz CT molecular complexity index is 1570. The van der Waals surface area contributed by atoms with Crippen molar-refractivity contribution >= 4 is 40.1 Å². The first-order chi connectivity index (χ1) is 18.4. The average molecular weight is 511 g/mol. The molecule has 0 bridgehead atoms. The number of esters is 1. The summed E-state index contributed by atoms with van der Waals surface area (Å²) in [4.78, 5) is 42.0. The summed E-state index contributed by atoms with van der Waals surface area (Å²) in [6.07, 6.45) is 2.07. The Kier molecular flexibility index (Phi) is 6.99. The van der Waals surface area contributed by atoms with Crippen LogP contribution in [0.2, 0.25) is 0 Å². The summed E-state index contributed by atoms with van der Waals surface area (Å²) in [6, 6.07) is 17.5. The van der Waals surface area contributed by atoms with Crippen LogP contribution in [0.25, 0.3) is 10.9 Å². The van der Waals surface area contributed by atoms with E-state index in [1.54, 1.807) is 44.2 Å². The van der Waals surface area contributed by atoms with Crippen LogP contribution in [-0.4, -0.2) is 35.1 Å². The van der Waals surface area contributed by atoms with Gasteiger partial charge in [-0.3, -0.25) is 9.59 Å². The lowest BCUT2D eigenvalue weighted by molar-refractivity contribution is 0.0526. The van der Waals surface area contributed by atoms with E-state index in [0.717, 1.165) is 22.9 Å². The summed E-state index contributed by atoms with van der Waals surface area (Å²) < 4.78 is 10.9. The number of para-hydroxylation sites is 1. The van der Waals surface area contributed by atoms with Crippen molar-refractivity contribution in [1.29, 1.82) is 0 Å². The minimum Gasteiger partial charge on any atom is -0.462 e. The first-order valence-corrected chi connectivity index (χ1v) is 12.4. The Hall–Kier alpha value is -4.79. The molecule has 0 radical (unpaired) electrons. The van der Waals surface area contributed by atoms with E-state index in [2.05, 4.69) is 20.8 Å². The second kappa shape index (κ2) is 10.7. The van der Waals surface area contributed by atoms with Crippen molar-refractivity contribution in [2.75, 3.05) is 11.9 Å². The van der Waals surface area contributed by atoms with Gasteiger partial charge in [0, 0.05) is 28.6 Å².